The highest BCUT2D eigenvalue weighted by Crippen LogP contribution is 2.26. The van der Waals surface area contributed by atoms with Gasteiger partial charge in [0, 0.05) is 42.2 Å². The zero-order valence-electron chi connectivity index (χ0n) is 17.1. The molecule has 2 N–H and O–H groups in total. The Balaban J connectivity index is 1.34. The van der Waals surface area contributed by atoms with Crippen LogP contribution in [0.3, 0.4) is 0 Å². The molecule has 3 aromatic rings. The van der Waals surface area contributed by atoms with Gasteiger partial charge in [-0.3, -0.25) is 14.4 Å². The molecule has 0 aliphatic carbocycles. The SMILES string of the molecule is CC(=O)Nc1ccc(-c2csc(NC(=O)Cc3ccc(N4CCCC4=O)cc3)n2)cc1. The van der Waals surface area contributed by atoms with E-state index < -0.39 is 0 Å². The van der Waals surface area contributed by atoms with E-state index in [9.17, 15) is 14.4 Å². The molecule has 0 spiro atoms. The number of amides is 3. The molecule has 31 heavy (non-hydrogen) atoms. The van der Waals surface area contributed by atoms with Gasteiger partial charge in [0.05, 0.1) is 12.1 Å². The van der Waals surface area contributed by atoms with E-state index in [1.165, 1.54) is 18.3 Å². The average Bonchev–Trinajstić information content (AvgIpc) is 3.38. The van der Waals surface area contributed by atoms with E-state index in [1.807, 2.05) is 53.9 Å². The number of nitrogens with zero attached hydrogens (tertiary/aromatic N) is 2. The van der Waals surface area contributed by atoms with Crippen LogP contribution in [0.4, 0.5) is 16.5 Å². The van der Waals surface area contributed by atoms with Gasteiger partial charge in [0.2, 0.25) is 17.7 Å². The van der Waals surface area contributed by atoms with Gasteiger partial charge in [-0.1, -0.05) is 24.3 Å². The van der Waals surface area contributed by atoms with Crippen LogP contribution in [0.5, 0.6) is 0 Å². The first kappa shape index (κ1) is 20.7. The molecule has 158 valence electrons. The van der Waals surface area contributed by atoms with Crippen LogP contribution in [0.15, 0.2) is 53.9 Å². The molecule has 2 heterocycles. The van der Waals surface area contributed by atoms with Gasteiger partial charge in [-0.05, 0) is 36.2 Å². The van der Waals surface area contributed by atoms with Crippen LogP contribution in [0.2, 0.25) is 0 Å². The van der Waals surface area contributed by atoms with E-state index in [0.717, 1.165) is 41.2 Å². The normalized spacial score (nSPS) is 13.3. The Hall–Kier alpha value is -3.52. The summed E-state index contributed by atoms with van der Waals surface area (Å²) in [5.41, 5.74) is 4.13. The third-order valence-corrected chi connectivity index (χ3v) is 5.70. The van der Waals surface area contributed by atoms with Gasteiger partial charge in [0.15, 0.2) is 5.13 Å². The first-order chi connectivity index (χ1) is 15.0. The van der Waals surface area contributed by atoms with E-state index in [1.54, 1.807) is 4.90 Å². The molecule has 1 aliphatic heterocycles. The maximum Gasteiger partial charge on any atom is 0.230 e. The van der Waals surface area contributed by atoms with Crippen molar-refractivity contribution >= 4 is 45.6 Å². The van der Waals surface area contributed by atoms with Gasteiger partial charge in [-0.25, -0.2) is 4.98 Å². The highest BCUT2D eigenvalue weighted by Gasteiger charge is 2.21. The molecule has 0 radical (unpaired) electrons. The van der Waals surface area contributed by atoms with E-state index in [0.29, 0.717) is 11.6 Å². The maximum absolute atomic E-state index is 12.4. The standard InChI is InChI=1S/C23H22N4O3S/c1-15(28)24-18-8-6-17(7-9-18)20-14-31-23(25-20)26-21(29)13-16-4-10-19(11-5-16)27-12-2-3-22(27)30/h4-11,14H,2-3,12-13H2,1H3,(H,24,28)(H,25,26,29). The minimum Gasteiger partial charge on any atom is -0.326 e. The smallest absolute Gasteiger partial charge is 0.230 e. The molecule has 7 nitrogen and oxygen atoms in total. The maximum atomic E-state index is 12.4. The van der Waals surface area contributed by atoms with Gasteiger partial charge in [0.1, 0.15) is 0 Å². The lowest BCUT2D eigenvalue weighted by atomic mass is 10.1. The molecule has 1 aliphatic rings. The molecule has 0 saturated carbocycles. The molecule has 1 aromatic heterocycles. The molecular weight excluding hydrogens is 412 g/mol. The van der Waals surface area contributed by atoms with E-state index in [2.05, 4.69) is 15.6 Å². The Kier molecular flexibility index (Phi) is 6.08. The lowest BCUT2D eigenvalue weighted by Gasteiger charge is -2.15. The number of aromatic nitrogens is 1. The number of anilines is 3. The highest BCUT2D eigenvalue weighted by molar-refractivity contribution is 7.14. The fraction of sp³-hybridized carbons (Fsp3) is 0.217. The van der Waals surface area contributed by atoms with Crippen LogP contribution in [0.1, 0.15) is 25.3 Å². The quantitative estimate of drug-likeness (QED) is 0.612. The van der Waals surface area contributed by atoms with E-state index in [4.69, 9.17) is 0 Å². The molecule has 0 atom stereocenters. The van der Waals surface area contributed by atoms with Crippen molar-refractivity contribution in [3.63, 3.8) is 0 Å². The topological polar surface area (TPSA) is 91.4 Å². The van der Waals surface area contributed by atoms with Crippen LogP contribution in [-0.4, -0.2) is 29.3 Å². The predicted molar refractivity (Wildman–Crippen MR) is 122 cm³/mol. The Morgan fingerprint density at radius 1 is 1.06 bits per heavy atom. The minimum absolute atomic E-state index is 0.120. The Labute approximate surface area is 184 Å². The number of hydrogen-bond acceptors (Lipinski definition) is 5. The largest absolute Gasteiger partial charge is 0.326 e. The summed E-state index contributed by atoms with van der Waals surface area (Å²) in [7, 11) is 0. The van der Waals surface area contributed by atoms with Gasteiger partial charge in [-0.2, -0.15) is 0 Å². The van der Waals surface area contributed by atoms with Crippen molar-refractivity contribution < 1.29 is 14.4 Å². The van der Waals surface area contributed by atoms with Crippen molar-refractivity contribution in [3.8, 4) is 11.3 Å². The lowest BCUT2D eigenvalue weighted by molar-refractivity contribution is -0.117. The second-order valence-corrected chi connectivity index (χ2v) is 8.19. The van der Waals surface area contributed by atoms with Crippen molar-refractivity contribution in [2.24, 2.45) is 0 Å². The summed E-state index contributed by atoms with van der Waals surface area (Å²) in [6.07, 6.45) is 1.71. The summed E-state index contributed by atoms with van der Waals surface area (Å²) in [5.74, 6) is -0.118. The summed E-state index contributed by atoms with van der Waals surface area (Å²) in [6.45, 7) is 2.22. The number of benzene rings is 2. The third kappa shape index (κ3) is 5.16. The second-order valence-electron chi connectivity index (χ2n) is 7.34. The predicted octanol–water partition coefficient (Wildman–Crippen LogP) is 4.08. The number of nitrogens with one attached hydrogen (secondary N) is 2. The number of carbonyl (C=O) groups is 3. The molecule has 1 fully saturated rings. The fourth-order valence-electron chi connectivity index (χ4n) is 3.46. The van der Waals surface area contributed by atoms with Crippen molar-refractivity contribution in [1.82, 2.24) is 4.98 Å². The molecule has 1 saturated heterocycles. The summed E-state index contributed by atoms with van der Waals surface area (Å²) in [6, 6.07) is 14.9. The minimum atomic E-state index is -0.146. The first-order valence-electron chi connectivity index (χ1n) is 10.0. The summed E-state index contributed by atoms with van der Waals surface area (Å²) < 4.78 is 0. The Morgan fingerprint density at radius 3 is 2.45 bits per heavy atom. The van der Waals surface area contributed by atoms with Crippen molar-refractivity contribution in [2.45, 2.75) is 26.2 Å². The molecule has 8 heteroatoms. The molecule has 4 rings (SSSR count). The van der Waals surface area contributed by atoms with Crippen molar-refractivity contribution in [1.29, 1.82) is 0 Å². The van der Waals surface area contributed by atoms with Gasteiger partial charge in [-0.15, -0.1) is 11.3 Å². The monoisotopic (exact) mass is 434 g/mol. The van der Waals surface area contributed by atoms with Gasteiger partial charge < -0.3 is 15.5 Å². The number of hydrogen-bond donors (Lipinski definition) is 2. The van der Waals surface area contributed by atoms with Crippen molar-refractivity contribution in [2.75, 3.05) is 22.1 Å². The molecule has 2 aromatic carbocycles. The zero-order valence-corrected chi connectivity index (χ0v) is 17.9. The average molecular weight is 435 g/mol. The van der Waals surface area contributed by atoms with Gasteiger partial charge in [0.25, 0.3) is 0 Å². The highest BCUT2D eigenvalue weighted by atomic mass is 32.1. The van der Waals surface area contributed by atoms with Crippen LogP contribution in [0.25, 0.3) is 11.3 Å². The third-order valence-electron chi connectivity index (χ3n) is 4.94. The molecule has 3 amide bonds. The number of rotatable bonds is 6. The summed E-state index contributed by atoms with van der Waals surface area (Å²) >= 11 is 1.36. The zero-order chi connectivity index (χ0) is 21.8. The molecule has 0 bridgehead atoms. The molecular formula is C23H22N4O3S. The number of carbonyl (C=O) groups excluding carboxylic acids is 3. The van der Waals surface area contributed by atoms with E-state index >= 15 is 0 Å². The fourth-order valence-corrected chi connectivity index (χ4v) is 4.19. The summed E-state index contributed by atoms with van der Waals surface area (Å²) in [4.78, 5) is 41.6. The summed E-state index contributed by atoms with van der Waals surface area (Å²) in [5, 5.41) is 7.98. The molecule has 0 unspecified atom stereocenters. The number of thiazole rings is 1. The van der Waals surface area contributed by atoms with Crippen LogP contribution in [0, 0.1) is 0 Å². The lowest BCUT2D eigenvalue weighted by Crippen LogP contribution is -2.23. The van der Waals surface area contributed by atoms with Gasteiger partial charge >= 0.3 is 0 Å². The Bertz CT molecular complexity index is 1110. The van der Waals surface area contributed by atoms with Crippen LogP contribution < -0.4 is 15.5 Å². The van der Waals surface area contributed by atoms with E-state index in [-0.39, 0.29) is 24.1 Å². The second kappa shape index (κ2) is 9.09. The van der Waals surface area contributed by atoms with Crippen LogP contribution >= 0.6 is 11.3 Å². The first-order valence-corrected chi connectivity index (χ1v) is 10.9. The van der Waals surface area contributed by atoms with Crippen molar-refractivity contribution in [3.05, 3.63) is 59.5 Å². The Morgan fingerprint density at radius 2 is 1.81 bits per heavy atom. The van der Waals surface area contributed by atoms with Crippen LogP contribution in [-0.2, 0) is 20.8 Å².